The Morgan fingerprint density at radius 1 is 1.57 bits per heavy atom. The minimum absolute atomic E-state index is 0.117. The maximum Gasteiger partial charge on any atom is 0.148 e. The summed E-state index contributed by atoms with van der Waals surface area (Å²) in [6.07, 6.45) is 0.629. The quantitative estimate of drug-likeness (QED) is 0.843. The summed E-state index contributed by atoms with van der Waals surface area (Å²) in [5.74, 6) is 0.113. The Morgan fingerprint density at radius 2 is 2.21 bits per heavy atom. The molecule has 1 aromatic carbocycles. The van der Waals surface area contributed by atoms with Crippen molar-refractivity contribution in [2.45, 2.75) is 13.3 Å². The van der Waals surface area contributed by atoms with Gasteiger partial charge in [0.25, 0.3) is 0 Å². The molecular weight excluding hydrogens is 205 g/mol. The topological polar surface area (TPSA) is 35.2 Å². The van der Waals surface area contributed by atoms with Crippen LogP contribution in [-0.2, 0) is 6.42 Å². The van der Waals surface area contributed by atoms with E-state index < -0.39 is 5.82 Å². The van der Waals surface area contributed by atoms with Crippen LogP contribution in [0.1, 0.15) is 11.1 Å². The van der Waals surface area contributed by atoms with Crippen LogP contribution in [0.5, 0.6) is 5.75 Å². The first-order valence-corrected chi connectivity index (χ1v) is 4.71. The van der Waals surface area contributed by atoms with E-state index in [1.54, 1.807) is 13.0 Å². The summed E-state index contributed by atoms with van der Waals surface area (Å²) in [4.78, 5) is 0. The molecule has 0 bridgehead atoms. The van der Waals surface area contributed by atoms with E-state index in [2.05, 4.69) is 0 Å². The van der Waals surface area contributed by atoms with E-state index in [0.29, 0.717) is 24.3 Å². The summed E-state index contributed by atoms with van der Waals surface area (Å²) in [5.41, 5.74) is 6.71. The van der Waals surface area contributed by atoms with Crippen molar-refractivity contribution >= 4 is 11.6 Å². The molecule has 2 nitrogen and oxygen atoms in total. The zero-order valence-electron chi connectivity index (χ0n) is 8.23. The fourth-order valence-corrected chi connectivity index (χ4v) is 1.70. The summed E-state index contributed by atoms with van der Waals surface area (Å²) >= 11 is 5.71. The third kappa shape index (κ3) is 1.99. The number of hydrogen-bond acceptors (Lipinski definition) is 2. The van der Waals surface area contributed by atoms with Gasteiger partial charge in [0.05, 0.1) is 12.1 Å². The van der Waals surface area contributed by atoms with Crippen molar-refractivity contribution in [1.29, 1.82) is 0 Å². The maximum absolute atomic E-state index is 13.4. The summed E-state index contributed by atoms with van der Waals surface area (Å²) in [7, 11) is 1.51. The van der Waals surface area contributed by atoms with Gasteiger partial charge in [-0.3, -0.25) is 0 Å². The van der Waals surface area contributed by atoms with Crippen LogP contribution in [-0.4, -0.2) is 13.7 Å². The zero-order valence-corrected chi connectivity index (χ0v) is 8.99. The van der Waals surface area contributed by atoms with Crippen LogP contribution >= 0.6 is 11.6 Å². The standard InChI is InChI=1S/C10H13ClFNO/c1-6-9(12)8(11)5-7(3-4-13)10(6)14-2/h5H,3-4,13H2,1-2H3. The first-order chi connectivity index (χ1) is 6.61. The zero-order chi connectivity index (χ0) is 10.7. The van der Waals surface area contributed by atoms with Crippen molar-refractivity contribution in [2.24, 2.45) is 5.73 Å². The van der Waals surface area contributed by atoms with Crippen LogP contribution in [0, 0.1) is 12.7 Å². The highest BCUT2D eigenvalue weighted by Gasteiger charge is 2.13. The Morgan fingerprint density at radius 3 is 2.71 bits per heavy atom. The Kier molecular flexibility index (Phi) is 3.72. The van der Waals surface area contributed by atoms with Gasteiger partial charge >= 0.3 is 0 Å². The number of hydrogen-bond donors (Lipinski definition) is 1. The van der Waals surface area contributed by atoms with Crippen molar-refractivity contribution in [3.05, 3.63) is 28.0 Å². The molecule has 78 valence electrons. The Balaban J connectivity index is 3.28. The van der Waals surface area contributed by atoms with E-state index >= 15 is 0 Å². The minimum atomic E-state index is -0.427. The molecule has 0 aromatic heterocycles. The first kappa shape index (κ1) is 11.3. The largest absolute Gasteiger partial charge is 0.496 e. The molecule has 0 amide bonds. The van der Waals surface area contributed by atoms with Gasteiger partial charge in [-0.2, -0.15) is 0 Å². The van der Waals surface area contributed by atoms with E-state index in [0.717, 1.165) is 5.56 Å². The number of halogens is 2. The van der Waals surface area contributed by atoms with Crippen LogP contribution < -0.4 is 10.5 Å². The van der Waals surface area contributed by atoms with Gasteiger partial charge in [0.2, 0.25) is 0 Å². The highest BCUT2D eigenvalue weighted by Crippen LogP contribution is 2.31. The molecule has 2 N–H and O–H groups in total. The molecule has 0 fully saturated rings. The van der Waals surface area contributed by atoms with Gasteiger partial charge in [0, 0.05) is 5.56 Å². The van der Waals surface area contributed by atoms with Gasteiger partial charge in [-0.05, 0) is 31.5 Å². The van der Waals surface area contributed by atoms with Gasteiger partial charge < -0.3 is 10.5 Å². The van der Waals surface area contributed by atoms with Gasteiger partial charge in [-0.25, -0.2) is 4.39 Å². The molecule has 0 aliphatic carbocycles. The van der Waals surface area contributed by atoms with Crippen molar-refractivity contribution in [1.82, 2.24) is 0 Å². The van der Waals surface area contributed by atoms with E-state index in [1.807, 2.05) is 0 Å². The molecule has 4 heteroatoms. The van der Waals surface area contributed by atoms with Crippen LogP contribution in [0.4, 0.5) is 4.39 Å². The molecule has 0 saturated heterocycles. The average Bonchev–Trinajstić information content (AvgIpc) is 2.16. The van der Waals surface area contributed by atoms with Crippen LogP contribution in [0.3, 0.4) is 0 Å². The monoisotopic (exact) mass is 217 g/mol. The molecule has 0 spiro atoms. The van der Waals surface area contributed by atoms with Gasteiger partial charge in [0.1, 0.15) is 11.6 Å². The van der Waals surface area contributed by atoms with E-state index in [-0.39, 0.29) is 5.02 Å². The predicted octanol–water partition coefficient (Wildman–Crippen LogP) is 2.30. The third-order valence-electron chi connectivity index (χ3n) is 2.09. The SMILES string of the molecule is COc1c(CCN)cc(Cl)c(F)c1C. The summed E-state index contributed by atoms with van der Waals surface area (Å²) < 4.78 is 18.5. The summed E-state index contributed by atoms with van der Waals surface area (Å²) in [6, 6.07) is 1.57. The molecule has 1 rings (SSSR count). The molecule has 0 radical (unpaired) electrons. The number of ether oxygens (including phenoxy) is 1. The Hall–Kier alpha value is -0.800. The van der Waals surface area contributed by atoms with Crippen molar-refractivity contribution in [2.75, 3.05) is 13.7 Å². The van der Waals surface area contributed by atoms with Crippen LogP contribution in [0.25, 0.3) is 0 Å². The van der Waals surface area contributed by atoms with Gasteiger partial charge in [-0.1, -0.05) is 11.6 Å². The molecule has 1 aromatic rings. The fourth-order valence-electron chi connectivity index (χ4n) is 1.43. The fraction of sp³-hybridized carbons (Fsp3) is 0.400. The lowest BCUT2D eigenvalue weighted by Gasteiger charge is -2.12. The molecule has 0 saturated carbocycles. The van der Waals surface area contributed by atoms with Crippen molar-refractivity contribution < 1.29 is 9.13 Å². The predicted molar refractivity (Wildman–Crippen MR) is 55.5 cm³/mol. The van der Waals surface area contributed by atoms with E-state index in [1.165, 1.54) is 7.11 Å². The normalized spacial score (nSPS) is 10.4. The lowest BCUT2D eigenvalue weighted by Crippen LogP contribution is -2.06. The first-order valence-electron chi connectivity index (χ1n) is 4.33. The lowest BCUT2D eigenvalue weighted by molar-refractivity contribution is 0.402. The molecule has 0 heterocycles. The Labute approximate surface area is 87.8 Å². The molecule has 0 atom stereocenters. The second kappa shape index (κ2) is 4.62. The number of benzene rings is 1. The molecule has 0 unspecified atom stereocenters. The highest BCUT2D eigenvalue weighted by atomic mass is 35.5. The maximum atomic E-state index is 13.4. The van der Waals surface area contributed by atoms with Crippen LogP contribution in [0.15, 0.2) is 6.07 Å². The molecule has 0 aliphatic rings. The highest BCUT2D eigenvalue weighted by molar-refractivity contribution is 6.30. The summed E-state index contributed by atoms with van der Waals surface area (Å²) in [6.45, 7) is 2.12. The average molecular weight is 218 g/mol. The van der Waals surface area contributed by atoms with Crippen LogP contribution in [0.2, 0.25) is 5.02 Å². The number of nitrogens with two attached hydrogens (primary N) is 1. The van der Waals surface area contributed by atoms with Gasteiger partial charge in [0.15, 0.2) is 0 Å². The number of rotatable bonds is 3. The van der Waals surface area contributed by atoms with E-state index in [4.69, 9.17) is 22.1 Å². The van der Waals surface area contributed by atoms with Crippen molar-refractivity contribution in [3.63, 3.8) is 0 Å². The van der Waals surface area contributed by atoms with Crippen molar-refractivity contribution in [3.8, 4) is 5.75 Å². The third-order valence-corrected chi connectivity index (χ3v) is 2.36. The summed E-state index contributed by atoms with van der Waals surface area (Å²) in [5, 5.41) is 0.117. The number of methoxy groups -OCH3 is 1. The molecule has 0 aliphatic heterocycles. The molecular formula is C10H13ClFNO. The lowest BCUT2D eigenvalue weighted by atomic mass is 10.1. The minimum Gasteiger partial charge on any atom is -0.496 e. The second-order valence-corrected chi connectivity index (χ2v) is 3.44. The Bertz CT molecular complexity index is 341. The second-order valence-electron chi connectivity index (χ2n) is 3.03. The molecule has 14 heavy (non-hydrogen) atoms. The smallest absolute Gasteiger partial charge is 0.148 e. The van der Waals surface area contributed by atoms with E-state index in [9.17, 15) is 4.39 Å². The van der Waals surface area contributed by atoms with Gasteiger partial charge in [-0.15, -0.1) is 0 Å².